The third-order valence-electron chi connectivity index (χ3n) is 6.33. The summed E-state index contributed by atoms with van der Waals surface area (Å²) in [6, 6.07) is 0. The van der Waals surface area contributed by atoms with Crippen LogP contribution < -0.4 is 16.0 Å². The van der Waals surface area contributed by atoms with Crippen molar-refractivity contribution in [1.29, 1.82) is 0 Å². The van der Waals surface area contributed by atoms with E-state index in [0.717, 1.165) is 0 Å². The molecule has 0 bridgehead atoms. The quantitative estimate of drug-likeness (QED) is 0.336. The third-order valence-corrected chi connectivity index (χ3v) is 6.33. The summed E-state index contributed by atoms with van der Waals surface area (Å²) in [6.07, 6.45) is -1.85. The summed E-state index contributed by atoms with van der Waals surface area (Å²) in [4.78, 5) is 51.2. The third kappa shape index (κ3) is 6.77. The number of aliphatic carboxylic acids is 2. The van der Waals surface area contributed by atoms with Crippen molar-refractivity contribution in [3.63, 3.8) is 0 Å². The van der Waals surface area contributed by atoms with Crippen LogP contribution in [-0.2, 0) is 19.1 Å². The molecule has 202 valence electrons. The van der Waals surface area contributed by atoms with Gasteiger partial charge in [0.1, 0.15) is 22.3 Å². The fourth-order valence-electron chi connectivity index (χ4n) is 4.83. The van der Waals surface area contributed by atoms with E-state index in [9.17, 15) is 29.4 Å². The van der Waals surface area contributed by atoms with Gasteiger partial charge in [-0.1, -0.05) is 27.7 Å². The summed E-state index contributed by atoms with van der Waals surface area (Å²) >= 11 is 0. The molecule has 0 spiro atoms. The Morgan fingerprint density at radius 1 is 0.714 bits per heavy atom. The van der Waals surface area contributed by atoms with Gasteiger partial charge in [0.15, 0.2) is 0 Å². The molecule has 0 saturated carbocycles. The van der Waals surface area contributed by atoms with E-state index in [0.29, 0.717) is 0 Å². The zero-order valence-electron chi connectivity index (χ0n) is 22.6. The lowest BCUT2D eigenvalue weighted by Crippen LogP contribution is -2.71. The van der Waals surface area contributed by atoms with Crippen LogP contribution in [-0.4, -0.2) is 69.7 Å². The number of amides is 2. The van der Waals surface area contributed by atoms with Crippen LogP contribution in [0, 0.1) is 23.7 Å². The van der Waals surface area contributed by atoms with Gasteiger partial charge >= 0.3 is 24.1 Å². The highest BCUT2D eigenvalue weighted by atomic mass is 16.6. The summed E-state index contributed by atoms with van der Waals surface area (Å²) in [6.45, 7) is 16.7. The smallest absolute Gasteiger partial charge is 0.408 e. The largest absolute Gasteiger partial charge is 0.479 e. The number of ether oxygens (including phenoxy) is 2. The molecule has 4 atom stereocenters. The van der Waals surface area contributed by atoms with E-state index in [1.165, 1.54) is 0 Å². The van der Waals surface area contributed by atoms with Gasteiger partial charge in [-0.15, -0.1) is 0 Å². The first-order valence-corrected chi connectivity index (χ1v) is 11.9. The van der Waals surface area contributed by atoms with Crippen LogP contribution in [0.25, 0.3) is 0 Å². The molecule has 0 aromatic carbocycles. The van der Waals surface area contributed by atoms with E-state index < -0.39 is 70.1 Å². The Labute approximate surface area is 207 Å². The molecule has 5 N–H and O–H groups in total. The number of carbonyl (C=O) groups excluding carboxylic acids is 2. The standard InChI is InChI=1S/C24H43N3O8/c1-13(2)23(17(28)29,26-19(32)34-21(5,6)7)15-11-25-12-16(15)24(14(3)4,18(30)31)27-20(33)35-22(8,9)10/h13-16,25H,11-12H2,1-10H3,(H,26,32)(H,27,33)(H,28,29)(H,30,31). The summed E-state index contributed by atoms with van der Waals surface area (Å²) in [5, 5.41) is 29.1. The lowest BCUT2D eigenvalue weighted by molar-refractivity contribution is -0.158. The van der Waals surface area contributed by atoms with Gasteiger partial charge in [-0.3, -0.25) is 0 Å². The molecule has 1 rings (SSSR count). The molecule has 0 aromatic rings. The molecule has 11 heteroatoms. The second-order valence-electron chi connectivity index (χ2n) is 11.8. The van der Waals surface area contributed by atoms with Crippen molar-refractivity contribution in [2.75, 3.05) is 13.1 Å². The van der Waals surface area contributed by atoms with Crippen LogP contribution in [0.15, 0.2) is 0 Å². The molecule has 1 fully saturated rings. The lowest BCUT2D eigenvalue weighted by atomic mass is 9.62. The predicted molar refractivity (Wildman–Crippen MR) is 129 cm³/mol. The van der Waals surface area contributed by atoms with Crippen LogP contribution in [0.1, 0.15) is 69.2 Å². The molecule has 1 heterocycles. The minimum Gasteiger partial charge on any atom is -0.479 e. The number of carboxylic acids is 2. The molecular weight excluding hydrogens is 458 g/mol. The number of carboxylic acid groups (broad SMARTS) is 2. The predicted octanol–water partition coefficient (Wildman–Crippen LogP) is 2.83. The van der Waals surface area contributed by atoms with E-state index in [1.807, 2.05) is 0 Å². The van der Waals surface area contributed by atoms with E-state index in [4.69, 9.17) is 9.47 Å². The molecule has 4 unspecified atom stereocenters. The van der Waals surface area contributed by atoms with Crippen molar-refractivity contribution in [2.24, 2.45) is 23.7 Å². The fourth-order valence-corrected chi connectivity index (χ4v) is 4.83. The first kappa shape index (κ1) is 30.5. The fraction of sp³-hybridized carbons (Fsp3) is 0.833. The highest BCUT2D eigenvalue weighted by Crippen LogP contribution is 2.43. The number of carbonyl (C=O) groups is 4. The Morgan fingerprint density at radius 3 is 1.20 bits per heavy atom. The molecule has 0 radical (unpaired) electrons. The van der Waals surface area contributed by atoms with Crippen LogP contribution in [0.5, 0.6) is 0 Å². The molecular formula is C24H43N3O8. The van der Waals surface area contributed by atoms with E-state index in [-0.39, 0.29) is 13.1 Å². The monoisotopic (exact) mass is 501 g/mol. The topological polar surface area (TPSA) is 163 Å². The maximum Gasteiger partial charge on any atom is 0.408 e. The van der Waals surface area contributed by atoms with Gasteiger partial charge < -0.3 is 35.6 Å². The number of alkyl carbamates (subject to hydrolysis) is 2. The first-order valence-electron chi connectivity index (χ1n) is 11.9. The zero-order valence-corrected chi connectivity index (χ0v) is 22.6. The second kappa shape index (κ2) is 10.6. The molecule has 2 amide bonds. The molecule has 35 heavy (non-hydrogen) atoms. The van der Waals surface area contributed by atoms with Crippen LogP contribution >= 0.6 is 0 Å². The Hall–Kier alpha value is -2.56. The van der Waals surface area contributed by atoms with Crippen LogP contribution in [0.4, 0.5) is 9.59 Å². The van der Waals surface area contributed by atoms with Gasteiger partial charge in [0.05, 0.1) is 0 Å². The Balaban J connectivity index is 3.65. The van der Waals surface area contributed by atoms with Gasteiger partial charge in [0.2, 0.25) is 0 Å². The van der Waals surface area contributed by atoms with E-state index in [2.05, 4.69) is 16.0 Å². The molecule has 0 aromatic heterocycles. The Bertz CT molecular complexity index is 749. The molecule has 0 aliphatic carbocycles. The Morgan fingerprint density at radius 2 is 1.00 bits per heavy atom. The summed E-state index contributed by atoms with van der Waals surface area (Å²) in [7, 11) is 0. The van der Waals surface area contributed by atoms with Crippen molar-refractivity contribution in [3.05, 3.63) is 0 Å². The van der Waals surface area contributed by atoms with Crippen LogP contribution in [0.3, 0.4) is 0 Å². The van der Waals surface area contributed by atoms with Crippen molar-refractivity contribution < 1.29 is 38.9 Å². The van der Waals surface area contributed by atoms with E-state index in [1.54, 1.807) is 69.2 Å². The number of hydrogen-bond donors (Lipinski definition) is 5. The minimum absolute atomic E-state index is 0.0999. The molecule has 1 aliphatic heterocycles. The average molecular weight is 502 g/mol. The Kier molecular flexibility index (Phi) is 9.22. The number of nitrogens with one attached hydrogen (secondary N) is 3. The van der Waals surface area contributed by atoms with Crippen molar-refractivity contribution in [2.45, 2.75) is 91.5 Å². The SMILES string of the molecule is CC(C)C(NC(=O)OC(C)(C)C)(C(=O)O)C1CNCC1C(NC(=O)OC(C)(C)C)(C(=O)O)C(C)C. The summed E-state index contributed by atoms with van der Waals surface area (Å²) in [5.74, 6) is -5.78. The van der Waals surface area contributed by atoms with Gasteiger partial charge in [-0.05, 0) is 53.4 Å². The normalized spacial score (nSPS) is 22.2. The first-order chi connectivity index (χ1) is 15.7. The summed E-state index contributed by atoms with van der Waals surface area (Å²) < 4.78 is 10.7. The van der Waals surface area contributed by atoms with E-state index >= 15 is 0 Å². The zero-order chi connectivity index (χ0) is 27.6. The van der Waals surface area contributed by atoms with Gasteiger partial charge in [-0.25, -0.2) is 19.2 Å². The average Bonchev–Trinajstić information content (AvgIpc) is 3.10. The van der Waals surface area contributed by atoms with Gasteiger partial charge in [-0.2, -0.15) is 0 Å². The highest BCUT2D eigenvalue weighted by Gasteiger charge is 2.62. The molecule has 11 nitrogen and oxygen atoms in total. The summed E-state index contributed by atoms with van der Waals surface area (Å²) in [5.41, 5.74) is -5.53. The second-order valence-corrected chi connectivity index (χ2v) is 11.8. The number of hydrogen-bond acceptors (Lipinski definition) is 7. The minimum atomic E-state index is -1.89. The van der Waals surface area contributed by atoms with Crippen LogP contribution in [0.2, 0.25) is 0 Å². The maximum absolute atomic E-state index is 12.8. The molecule has 1 saturated heterocycles. The highest BCUT2D eigenvalue weighted by molar-refractivity contribution is 5.88. The number of rotatable bonds is 8. The maximum atomic E-state index is 12.8. The van der Waals surface area contributed by atoms with Gasteiger partial charge in [0, 0.05) is 24.9 Å². The van der Waals surface area contributed by atoms with Gasteiger partial charge in [0.25, 0.3) is 0 Å². The lowest BCUT2D eigenvalue weighted by Gasteiger charge is -2.47. The van der Waals surface area contributed by atoms with Crippen molar-refractivity contribution in [1.82, 2.24) is 16.0 Å². The van der Waals surface area contributed by atoms with Crippen molar-refractivity contribution >= 4 is 24.1 Å². The van der Waals surface area contributed by atoms with Crippen molar-refractivity contribution in [3.8, 4) is 0 Å². The molecule has 1 aliphatic rings.